The van der Waals surface area contributed by atoms with Crippen molar-refractivity contribution in [3.63, 3.8) is 0 Å². The quantitative estimate of drug-likeness (QED) is 0.182. The van der Waals surface area contributed by atoms with Gasteiger partial charge >= 0.3 is 0 Å². The molecule has 0 spiro atoms. The van der Waals surface area contributed by atoms with E-state index in [1.165, 1.54) is 83.5 Å². The molecular weight excluding hydrogens is 434 g/mol. The van der Waals surface area contributed by atoms with Crippen LogP contribution in [0.2, 0.25) is 0 Å². The molecule has 0 aliphatic heterocycles. The maximum absolute atomic E-state index is 12.3. The summed E-state index contributed by atoms with van der Waals surface area (Å²) in [4.78, 5) is 12.3. The third-order valence-electron chi connectivity index (χ3n) is 6.30. The third-order valence-corrected chi connectivity index (χ3v) is 6.30. The Hall–Kier alpha value is -2.49. The largest absolute Gasteiger partial charge is 0.490 e. The van der Waals surface area contributed by atoms with Crippen LogP contribution in [0.4, 0.5) is 0 Å². The zero-order chi connectivity index (χ0) is 24.8. The van der Waals surface area contributed by atoms with Crippen molar-refractivity contribution in [3.8, 4) is 11.5 Å². The molecule has 0 fully saturated rings. The van der Waals surface area contributed by atoms with Crippen LogP contribution in [0.1, 0.15) is 107 Å². The summed E-state index contributed by atoms with van der Waals surface area (Å²) in [7, 11) is 0. The minimum absolute atomic E-state index is 0.0151. The van der Waals surface area contributed by atoms with Crippen molar-refractivity contribution in [2.24, 2.45) is 0 Å². The molecule has 0 atom stereocenters. The number of carbonyl (C=O) groups is 1. The normalized spacial score (nSPS) is 10.8. The predicted octanol–water partition coefficient (Wildman–Crippen LogP) is 8.36. The number of hydrogen-bond acceptors (Lipinski definition) is 3. The van der Waals surface area contributed by atoms with E-state index in [2.05, 4.69) is 12.2 Å². The highest BCUT2D eigenvalue weighted by Gasteiger charge is 2.05. The Balaban J connectivity index is 1.41. The van der Waals surface area contributed by atoms with Gasteiger partial charge in [-0.2, -0.15) is 0 Å². The molecule has 0 aliphatic carbocycles. The monoisotopic (exact) mass is 481 g/mol. The summed E-state index contributed by atoms with van der Waals surface area (Å²) in [6, 6.07) is 17.0. The highest BCUT2D eigenvalue weighted by molar-refractivity contribution is 5.94. The van der Waals surface area contributed by atoms with E-state index in [-0.39, 0.29) is 5.91 Å². The molecular formula is C31H47NO3. The van der Waals surface area contributed by atoms with Gasteiger partial charge in [0.05, 0.1) is 0 Å². The van der Waals surface area contributed by atoms with Gasteiger partial charge in [-0.15, -0.1) is 0 Å². The average molecular weight is 482 g/mol. The molecule has 0 aliphatic rings. The first-order valence-corrected chi connectivity index (χ1v) is 14.0. The Morgan fingerprint density at radius 1 is 0.600 bits per heavy atom. The van der Waals surface area contributed by atoms with Gasteiger partial charge in [0, 0.05) is 12.1 Å². The minimum atomic E-state index is -0.0151. The van der Waals surface area contributed by atoms with Gasteiger partial charge in [0.15, 0.2) is 0 Å². The van der Waals surface area contributed by atoms with Gasteiger partial charge in [-0.3, -0.25) is 4.79 Å². The molecule has 35 heavy (non-hydrogen) atoms. The van der Waals surface area contributed by atoms with Crippen molar-refractivity contribution in [1.29, 1.82) is 0 Å². The number of unbranched alkanes of at least 4 members (excludes halogenated alkanes) is 13. The van der Waals surface area contributed by atoms with Crippen LogP contribution >= 0.6 is 0 Å². The van der Waals surface area contributed by atoms with Crippen LogP contribution in [0.3, 0.4) is 0 Å². The van der Waals surface area contributed by atoms with E-state index in [4.69, 9.17) is 9.47 Å². The second kappa shape index (κ2) is 19.8. The summed E-state index contributed by atoms with van der Waals surface area (Å²) >= 11 is 0. The van der Waals surface area contributed by atoms with Crippen molar-refractivity contribution >= 4 is 5.91 Å². The number of hydrogen-bond donors (Lipinski definition) is 1. The maximum Gasteiger partial charge on any atom is 0.251 e. The summed E-state index contributed by atoms with van der Waals surface area (Å²) in [6.07, 6.45) is 18.8. The van der Waals surface area contributed by atoms with Crippen LogP contribution in [0.15, 0.2) is 54.6 Å². The summed E-state index contributed by atoms with van der Waals surface area (Å²) in [5.41, 5.74) is 0.670. The number of benzene rings is 2. The highest BCUT2D eigenvalue weighted by Crippen LogP contribution is 2.14. The summed E-state index contributed by atoms with van der Waals surface area (Å²) < 4.78 is 11.3. The van der Waals surface area contributed by atoms with Crippen molar-refractivity contribution in [2.45, 2.75) is 96.8 Å². The maximum atomic E-state index is 12.3. The van der Waals surface area contributed by atoms with Crippen molar-refractivity contribution in [3.05, 3.63) is 60.2 Å². The summed E-state index contributed by atoms with van der Waals surface area (Å²) in [5.74, 6) is 1.56. The molecule has 1 amide bonds. The lowest BCUT2D eigenvalue weighted by Gasteiger charge is -2.09. The Kier molecular flexibility index (Phi) is 16.2. The van der Waals surface area contributed by atoms with E-state index in [0.717, 1.165) is 24.5 Å². The fourth-order valence-electron chi connectivity index (χ4n) is 4.16. The molecule has 1 N–H and O–H groups in total. The van der Waals surface area contributed by atoms with E-state index >= 15 is 0 Å². The van der Waals surface area contributed by atoms with E-state index in [1.54, 1.807) is 0 Å². The second-order valence-corrected chi connectivity index (χ2v) is 9.39. The molecule has 4 heteroatoms. The molecule has 194 valence electrons. The average Bonchev–Trinajstić information content (AvgIpc) is 2.89. The summed E-state index contributed by atoms with van der Waals surface area (Å²) in [6.45, 7) is 3.95. The lowest BCUT2D eigenvalue weighted by molar-refractivity contribution is 0.0953. The number of ether oxygens (including phenoxy) is 2. The van der Waals surface area contributed by atoms with Crippen LogP contribution in [0, 0.1) is 0 Å². The van der Waals surface area contributed by atoms with Crippen molar-refractivity contribution in [2.75, 3.05) is 19.8 Å². The van der Waals surface area contributed by atoms with Gasteiger partial charge in [0.2, 0.25) is 0 Å². The van der Waals surface area contributed by atoms with Crippen LogP contribution < -0.4 is 14.8 Å². The molecule has 0 saturated carbocycles. The zero-order valence-corrected chi connectivity index (χ0v) is 21.9. The third kappa shape index (κ3) is 14.5. The minimum Gasteiger partial charge on any atom is -0.490 e. The smallest absolute Gasteiger partial charge is 0.251 e. The number of rotatable bonds is 21. The number of amides is 1. The van der Waals surface area contributed by atoms with Crippen LogP contribution in [0.25, 0.3) is 0 Å². The van der Waals surface area contributed by atoms with Crippen molar-refractivity contribution < 1.29 is 14.3 Å². The Labute approximate surface area is 213 Å². The van der Waals surface area contributed by atoms with Gasteiger partial charge < -0.3 is 14.8 Å². The lowest BCUT2D eigenvalue weighted by Crippen LogP contribution is -2.24. The van der Waals surface area contributed by atoms with Gasteiger partial charge in [-0.1, -0.05) is 109 Å². The molecule has 2 aromatic carbocycles. The van der Waals surface area contributed by atoms with Gasteiger partial charge in [0.1, 0.15) is 24.7 Å². The topological polar surface area (TPSA) is 47.6 Å². The number of carbonyl (C=O) groups excluding carboxylic acids is 1. The first-order chi connectivity index (χ1) is 17.3. The van der Waals surface area contributed by atoms with E-state index in [9.17, 15) is 4.79 Å². The number of nitrogens with one attached hydrogen (secondary N) is 1. The van der Waals surface area contributed by atoms with Gasteiger partial charge in [-0.05, 0) is 42.8 Å². The molecule has 2 aromatic rings. The SMILES string of the molecule is CCCCCCCCCCCCCCCCNC(=O)c1ccc(OCCOc2ccccc2)cc1. The first kappa shape index (κ1) is 28.7. The van der Waals surface area contributed by atoms with E-state index in [1.807, 2.05) is 54.6 Å². The van der Waals surface area contributed by atoms with E-state index < -0.39 is 0 Å². The molecule has 0 bridgehead atoms. The fraction of sp³-hybridized carbons (Fsp3) is 0.581. The standard InChI is InChI=1S/C31H47NO3/c1-2-3-4-5-6-7-8-9-10-11-12-13-14-18-25-32-31(33)28-21-23-30(24-22-28)35-27-26-34-29-19-16-15-17-20-29/h15-17,19-24H,2-14,18,25-27H2,1H3,(H,32,33). The van der Waals surface area contributed by atoms with Gasteiger partial charge in [0.25, 0.3) is 5.91 Å². The van der Waals surface area contributed by atoms with Crippen molar-refractivity contribution in [1.82, 2.24) is 5.32 Å². The zero-order valence-electron chi connectivity index (χ0n) is 21.9. The fourth-order valence-corrected chi connectivity index (χ4v) is 4.16. The Morgan fingerprint density at radius 3 is 1.57 bits per heavy atom. The van der Waals surface area contributed by atoms with Gasteiger partial charge in [-0.25, -0.2) is 0 Å². The second-order valence-electron chi connectivity index (χ2n) is 9.39. The Bertz CT molecular complexity index is 761. The highest BCUT2D eigenvalue weighted by atomic mass is 16.5. The molecule has 0 saturated heterocycles. The van der Waals surface area contributed by atoms with Crippen LogP contribution in [-0.2, 0) is 0 Å². The van der Waals surface area contributed by atoms with E-state index in [0.29, 0.717) is 18.8 Å². The summed E-state index contributed by atoms with van der Waals surface area (Å²) in [5, 5.41) is 3.03. The lowest BCUT2D eigenvalue weighted by atomic mass is 10.0. The number of para-hydroxylation sites is 1. The molecule has 0 aromatic heterocycles. The Morgan fingerprint density at radius 2 is 1.06 bits per heavy atom. The molecule has 0 radical (unpaired) electrons. The molecule has 0 heterocycles. The molecule has 4 nitrogen and oxygen atoms in total. The predicted molar refractivity (Wildman–Crippen MR) is 147 cm³/mol. The first-order valence-electron chi connectivity index (χ1n) is 14.0. The van der Waals surface area contributed by atoms with Crippen LogP contribution in [-0.4, -0.2) is 25.7 Å². The molecule has 0 unspecified atom stereocenters. The molecule has 2 rings (SSSR count). The van der Waals surface area contributed by atoms with Crippen LogP contribution in [0.5, 0.6) is 11.5 Å².